The number of nitrogens with one attached hydrogen (secondary N) is 1. The summed E-state index contributed by atoms with van der Waals surface area (Å²) in [7, 11) is 0. The van der Waals surface area contributed by atoms with E-state index in [2.05, 4.69) is 52.7 Å². The van der Waals surface area contributed by atoms with Crippen LogP contribution < -0.4 is 5.32 Å². The molecule has 0 aliphatic rings. The van der Waals surface area contributed by atoms with E-state index in [1.807, 2.05) is 16.9 Å². The van der Waals surface area contributed by atoms with E-state index in [-0.39, 0.29) is 0 Å². The Morgan fingerprint density at radius 2 is 2.25 bits per heavy atom. The number of nitrogens with zero attached hydrogens (tertiary/aromatic N) is 5. The molecule has 2 heterocycles. The van der Waals surface area contributed by atoms with E-state index in [1.54, 1.807) is 11.8 Å². The standard InChI is InChI=1S/C13H20N6S/c1-10(2)14-7-8-19-13(16-17-18-19)20-9-12-11(3)5-4-6-15-12/h4-6,10,14H,7-9H2,1-3H3. The molecule has 2 aromatic rings. The summed E-state index contributed by atoms with van der Waals surface area (Å²) in [6, 6.07) is 4.49. The predicted molar refractivity (Wildman–Crippen MR) is 79.5 cm³/mol. The summed E-state index contributed by atoms with van der Waals surface area (Å²) in [6.07, 6.45) is 1.82. The SMILES string of the molecule is Cc1cccnc1CSc1nnnn1CCNC(C)C. The van der Waals surface area contributed by atoms with Crippen molar-refractivity contribution in [2.45, 2.75) is 44.3 Å². The molecule has 0 saturated heterocycles. The second-order valence-corrected chi connectivity index (χ2v) is 5.79. The Bertz CT molecular complexity index is 539. The number of aromatic nitrogens is 5. The van der Waals surface area contributed by atoms with E-state index >= 15 is 0 Å². The number of aryl methyl sites for hydroxylation is 1. The Morgan fingerprint density at radius 3 is 3.00 bits per heavy atom. The molecule has 6 nitrogen and oxygen atoms in total. The first-order valence-electron chi connectivity index (χ1n) is 6.69. The Balaban J connectivity index is 1.90. The molecule has 0 spiro atoms. The Labute approximate surface area is 123 Å². The number of rotatable bonds is 7. The summed E-state index contributed by atoms with van der Waals surface area (Å²) in [4.78, 5) is 4.38. The molecule has 0 amide bonds. The molecule has 0 fully saturated rings. The maximum atomic E-state index is 4.38. The number of tetrazole rings is 1. The lowest BCUT2D eigenvalue weighted by molar-refractivity contribution is 0.485. The van der Waals surface area contributed by atoms with Crippen LogP contribution in [-0.4, -0.2) is 37.8 Å². The maximum Gasteiger partial charge on any atom is 0.209 e. The highest BCUT2D eigenvalue weighted by Crippen LogP contribution is 2.20. The fourth-order valence-corrected chi connectivity index (χ4v) is 2.64. The van der Waals surface area contributed by atoms with Gasteiger partial charge in [0.05, 0.1) is 12.2 Å². The number of hydrogen-bond acceptors (Lipinski definition) is 6. The predicted octanol–water partition coefficient (Wildman–Crippen LogP) is 1.67. The van der Waals surface area contributed by atoms with E-state index in [0.717, 1.165) is 29.7 Å². The van der Waals surface area contributed by atoms with Gasteiger partial charge in [0.2, 0.25) is 5.16 Å². The molecule has 0 radical (unpaired) electrons. The fraction of sp³-hybridized carbons (Fsp3) is 0.538. The molecule has 1 N–H and O–H groups in total. The molecule has 0 aliphatic heterocycles. The molecule has 20 heavy (non-hydrogen) atoms. The minimum atomic E-state index is 0.471. The summed E-state index contributed by atoms with van der Waals surface area (Å²) in [5, 5.41) is 16.0. The van der Waals surface area contributed by atoms with Crippen LogP contribution >= 0.6 is 11.8 Å². The van der Waals surface area contributed by atoms with Gasteiger partial charge in [-0.05, 0) is 29.0 Å². The second-order valence-electron chi connectivity index (χ2n) is 4.85. The molecule has 108 valence electrons. The lowest BCUT2D eigenvalue weighted by Crippen LogP contribution is -2.27. The van der Waals surface area contributed by atoms with Crippen molar-refractivity contribution in [3.05, 3.63) is 29.6 Å². The van der Waals surface area contributed by atoms with Gasteiger partial charge < -0.3 is 5.32 Å². The van der Waals surface area contributed by atoms with Crippen LogP contribution in [0.4, 0.5) is 0 Å². The van der Waals surface area contributed by atoms with Gasteiger partial charge >= 0.3 is 0 Å². The van der Waals surface area contributed by atoms with Gasteiger partial charge in [-0.3, -0.25) is 4.98 Å². The Hall–Kier alpha value is -1.47. The van der Waals surface area contributed by atoms with Crippen LogP contribution in [0.2, 0.25) is 0 Å². The quantitative estimate of drug-likeness (QED) is 0.783. The van der Waals surface area contributed by atoms with Crippen LogP contribution in [0, 0.1) is 6.92 Å². The molecule has 0 aliphatic carbocycles. The van der Waals surface area contributed by atoms with Gasteiger partial charge in [0.25, 0.3) is 0 Å². The molecule has 0 unspecified atom stereocenters. The topological polar surface area (TPSA) is 68.5 Å². The minimum absolute atomic E-state index is 0.471. The van der Waals surface area contributed by atoms with E-state index in [4.69, 9.17) is 0 Å². The number of hydrogen-bond donors (Lipinski definition) is 1. The first-order valence-corrected chi connectivity index (χ1v) is 7.68. The average molecular weight is 292 g/mol. The zero-order valence-corrected chi connectivity index (χ0v) is 12.9. The van der Waals surface area contributed by atoms with Crippen molar-refractivity contribution in [1.29, 1.82) is 0 Å². The normalized spacial score (nSPS) is 11.2. The molecule has 0 saturated carbocycles. The largest absolute Gasteiger partial charge is 0.313 e. The maximum absolute atomic E-state index is 4.38. The lowest BCUT2D eigenvalue weighted by atomic mass is 10.2. The van der Waals surface area contributed by atoms with E-state index < -0.39 is 0 Å². The third-order valence-corrected chi connectivity index (χ3v) is 3.80. The molecule has 0 aromatic carbocycles. The van der Waals surface area contributed by atoms with Crippen LogP contribution in [0.1, 0.15) is 25.1 Å². The van der Waals surface area contributed by atoms with Crippen molar-refractivity contribution < 1.29 is 0 Å². The molecule has 2 aromatic heterocycles. The highest BCUT2D eigenvalue weighted by Gasteiger charge is 2.08. The van der Waals surface area contributed by atoms with E-state index in [9.17, 15) is 0 Å². The Morgan fingerprint density at radius 1 is 1.40 bits per heavy atom. The van der Waals surface area contributed by atoms with Gasteiger partial charge in [-0.25, -0.2) is 4.68 Å². The van der Waals surface area contributed by atoms with Gasteiger partial charge in [0.1, 0.15) is 0 Å². The summed E-state index contributed by atoms with van der Waals surface area (Å²) in [5.74, 6) is 0.782. The minimum Gasteiger partial charge on any atom is -0.313 e. The average Bonchev–Trinajstić information content (AvgIpc) is 2.85. The molecule has 0 atom stereocenters. The summed E-state index contributed by atoms with van der Waals surface area (Å²) >= 11 is 1.62. The molecular formula is C13H20N6S. The highest BCUT2D eigenvalue weighted by molar-refractivity contribution is 7.98. The third kappa shape index (κ3) is 4.28. The lowest BCUT2D eigenvalue weighted by Gasteiger charge is -2.08. The summed E-state index contributed by atoms with van der Waals surface area (Å²) in [6.45, 7) is 7.95. The summed E-state index contributed by atoms with van der Waals surface area (Å²) < 4.78 is 1.83. The van der Waals surface area contributed by atoms with Crippen LogP contribution in [0.15, 0.2) is 23.5 Å². The van der Waals surface area contributed by atoms with Crippen molar-refractivity contribution in [3.63, 3.8) is 0 Å². The van der Waals surface area contributed by atoms with Crippen LogP contribution in [-0.2, 0) is 12.3 Å². The van der Waals surface area contributed by atoms with Gasteiger partial charge in [0.15, 0.2) is 0 Å². The van der Waals surface area contributed by atoms with E-state index in [0.29, 0.717) is 6.04 Å². The first kappa shape index (κ1) is 14.9. The van der Waals surface area contributed by atoms with Crippen molar-refractivity contribution in [2.24, 2.45) is 0 Å². The third-order valence-electron chi connectivity index (χ3n) is 2.83. The smallest absolute Gasteiger partial charge is 0.209 e. The fourth-order valence-electron chi connectivity index (χ4n) is 1.70. The second kappa shape index (κ2) is 7.35. The van der Waals surface area contributed by atoms with Crippen LogP contribution in [0.5, 0.6) is 0 Å². The van der Waals surface area contributed by atoms with E-state index in [1.165, 1.54) is 5.56 Å². The van der Waals surface area contributed by atoms with Gasteiger partial charge in [-0.15, -0.1) is 5.10 Å². The highest BCUT2D eigenvalue weighted by atomic mass is 32.2. The van der Waals surface area contributed by atoms with Crippen molar-refractivity contribution >= 4 is 11.8 Å². The van der Waals surface area contributed by atoms with Gasteiger partial charge in [-0.2, -0.15) is 0 Å². The summed E-state index contributed by atoms with van der Waals surface area (Å²) in [5.41, 5.74) is 2.27. The molecular weight excluding hydrogens is 272 g/mol. The van der Waals surface area contributed by atoms with Crippen molar-refractivity contribution in [2.75, 3.05) is 6.54 Å². The zero-order chi connectivity index (χ0) is 14.4. The number of pyridine rings is 1. The first-order chi connectivity index (χ1) is 9.66. The zero-order valence-electron chi connectivity index (χ0n) is 12.1. The van der Waals surface area contributed by atoms with Gasteiger partial charge in [-0.1, -0.05) is 31.7 Å². The van der Waals surface area contributed by atoms with Crippen LogP contribution in [0.3, 0.4) is 0 Å². The van der Waals surface area contributed by atoms with Crippen molar-refractivity contribution in [1.82, 2.24) is 30.5 Å². The molecule has 2 rings (SSSR count). The monoisotopic (exact) mass is 292 g/mol. The number of thioether (sulfide) groups is 1. The van der Waals surface area contributed by atoms with Crippen LogP contribution in [0.25, 0.3) is 0 Å². The molecule has 0 bridgehead atoms. The Kier molecular flexibility index (Phi) is 5.49. The van der Waals surface area contributed by atoms with Crippen molar-refractivity contribution in [3.8, 4) is 0 Å². The van der Waals surface area contributed by atoms with Gasteiger partial charge in [0, 0.05) is 24.5 Å². The molecule has 7 heteroatoms.